The summed E-state index contributed by atoms with van der Waals surface area (Å²) in [7, 11) is 0. The van der Waals surface area contributed by atoms with E-state index in [4.69, 9.17) is 11.6 Å². The molecule has 0 spiro atoms. The minimum absolute atomic E-state index is 0.141. The van der Waals surface area contributed by atoms with Crippen LogP contribution in [0.25, 0.3) is 0 Å². The average molecular weight is 286 g/mol. The van der Waals surface area contributed by atoms with Crippen molar-refractivity contribution in [1.29, 1.82) is 0 Å². The van der Waals surface area contributed by atoms with E-state index in [-0.39, 0.29) is 5.92 Å². The summed E-state index contributed by atoms with van der Waals surface area (Å²) >= 11 is 5.92. The maximum absolute atomic E-state index is 11.8. The number of aliphatic hydroxyl groups excluding tert-OH is 2. The first-order valence-electron chi connectivity index (χ1n) is 6.30. The van der Waals surface area contributed by atoms with Crippen LogP contribution in [-0.2, 0) is 4.79 Å². The Morgan fingerprint density at radius 3 is 2.53 bits per heavy atom. The predicted octanol–water partition coefficient (Wildman–Crippen LogP) is 1.90. The van der Waals surface area contributed by atoms with Crippen LogP contribution in [0, 0.1) is 5.92 Å². The van der Waals surface area contributed by atoms with E-state index in [1.165, 1.54) is 0 Å². The Bertz CT molecular complexity index is 423. The van der Waals surface area contributed by atoms with E-state index in [9.17, 15) is 15.0 Å². The van der Waals surface area contributed by atoms with Crippen LogP contribution in [-0.4, -0.2) is 28.8 Å². The van der Waals surface area contributed by atoms with Crippen LogP contribution in [0.2, 0.25) is 5.02 Å². The van der Waals surface area contributed by atoms with E-state index in [2.05, 4.69) is 5.32 Å². The molecule has 0 saturated carbocycles. The molecular formula is C14H20ClNO3. The third-order valence-electron chi connectivity index (χ3n) is 2.82. The number of halogens is 1. The molecule has 106 valence electrons. The zero-order valence-corrected chi connectivity index (χ0v) is 11.9. The number of amides is 1. The molecule has 19 heavy (non-hydrogen) atoms. The molecule has 4 nitrogen and oxygen atoms in total. The molecule has 5 heteroatoms. The normalized spacial score (nSPS) is 15.6. The molecule has 1 rings (SSSR count). The van der Waals surface area contributed by atoms with E-state index in [0.29, 0.717) is 23.6 Å². The van der Waals surface area contributed by atoms with E-state index in [0.717, 1.165) is 0 Å². The van der Waals surface area contributed by atoms with Crippen molar-refractivity contribution in [2.75, 3.05) is 6.54 Å². The van der Waals surface area contributed by atoms with Gasteiger partial charge in [-0.05, 0) is 25.3 Å². The van der Waals surface area contributed by atoms with Gasteiger partial charge in [-0.2, -0.15) is 0 Å². The monoisotopic (exact) mass is 285 g/mol. The molecule has 2 unspecified atom stereocenters. The fourth-order valence-electron chi connectivity index (χ4n) is 1.88. The standard InChI is InChI=1S/C14H20ClNO3/c1-9(7-10(2)17)8-16-14(19)13(18)11-5-3-4-6-12(11)15/h3-6,9-10,13,17-18H,7-8H2,1-2H3,(H,16,19)/t9?,10?,13-/m1/s1. The lowest BCUT2D eigenvalue weighted by Gasteiger charge is -2.17. The fourth-order valence-corrected chi connectivity index (χ4v) is 2.11. The lowest BCUT2D eigenvalue weighted by molar-refractivity contribution is -0.129. The van der Waals surface area contributed by atoms with Crippen LogP contribution >= 0.6 is 11.6 Å². The van der Waals surface area contributed by atoms with Crippen molar-refractivity contribution in [3.63, 3.8) is 0 Å². The molecule has 0 aliphatic rings. The van der Waals surface area contributed by atoms with Crippen LogP contribution in [0.1, 0.15) is 31.9 Å². The zero-order chi connectivity index (χ0) is 14.4. The van der Waals surface area contributed by atoms with Crippen LogP contribution in [0.3, 0.4) is 0 Å². The van der Waals surface area contributed by atoms with E-state index in [1.54, 1.807) is 31.2 Å². The minimum Gasteiger partial charge on any atom is -0.393 e. The summed E-state index contributed by atoms with van der Waals surface area (Å²) in [5, 5.41) is 22.2. The van der Waals surface area contributed by atoms with Crippen molar-refractivity contribution >= 4 is 17.5 Å². The molecule has 0 bridgehead atoms. The quantitative estimate of drug-likeness (QED) is 0.748. The first kappa shape index (κ1) is 16.0. The molecular weight excluding hydrogens is 266 g/mol. The highest BCUT2D eigenvalue weighted by Crippen LogP contribution is 2.22. The van der Waals surface area contributed by atoms with Crippen molar-refractivity contribution in [2.24, 2.45) is 5.92 Å². The average Bonchev–Trinajstić information content (AvgIpc) is 2.35. The lowest BCUT2D eigenvalue weighted by Crippen LogP contribution is -2.33. The lowest BCUT2D eigenvalue weighted by atomic mass is 10.0. The van der Waals surface area contributed by atoms with Gasteiger partial charge >= 0.3 is 0 Å². The highest BCUT2D eigenvalue weighted by molar-refractivity contribution is 6.31. The molecule has 1 amide bonds. The van der Waals surface area contributed by atoms with Crippen molar-refractivity contribution in [2.45, 2.75) is 32.5 Å². The SMILES string of the molecule is CC(O)CC(C)CNC(=O)[C@H](O)c1ccccc1Cl. The molecule has 1 aromatic carbocycles. The number of benzene rings is 1. The van der Waals surface area contributed by atoms with Crippen molar-refractivity contribution in [3.05, 3.63) is 34.9 Å². The summed E-state index contributed by atoms with van der Waals surface area (Å²) in [6.45, 7) is 4.04. The van der Waals surface area contributed by atoms with Gasteiger partial charge in [-0.1, -0.05) is 36.7 Å². The highest BCUT2D eigenvalue weighted by Gasteiger charge is 2.20. The van der Waals surface area contributed by atoms with Gasteiger partial charge in [0.05, 0.1) is 6.10 Å². The number of carbonyl (C=O) groups is 1. The zero-order valence-electron chi connectivity index (χ0n) is 11.1. The highest BCUT2D eigenvalue weighted by atomic mass is 35.5. The molecule has 0 aromatic heterocycles. The first-order valence-corrected chi connectivity index (χ1v) is 6.68. The Hall–Kier alpha value is -1.10. The second kappa shape index (κ2) is 7.48. The van der Waals surface area contributed by atoms with Gasteiger partial charge in [0.1, 0.15) is 0 Å². The number of hydrogen-bond acceptors (Lipinski definition) is 3. The van der Waals surface area contributed by atoms with Gasteiger partial charge in [0.2, 0.25) is 0 Å². The fraction of sp³-hybridized carbons (Fsp3) is 0.500. The Balaban J connectivity index is 2.52. The van der Waals surface area contributed by atoms with E-state index >= 15 is 0 Å². The molecule has 1 aromatic rings. The van der Waals surface area contributed by atoms with Gasteiger partial charge in [-0.25, -0.2) is 0 Å². The third kappa shape index (κ3) is 5.19. The number of rotatable bonds is 6. The molecule has 0 radical (unpaired) electrons. The summed E-state index contributed by atoms with van der Waals surface area (Å²) in [5.41, 5.74) is 0.393. The smallest absolute Gasteiger partial charge is 0.253 e. The number of carbonyl (C=O) groups excluding carboxylic acids is 1. The molecule has 0 aliphatic heterocycles. The van der Waals surface area contributed by atoms with Crippen LogP contribution in [0.4, 0.5) is 0 Å². The molecule has 0 heterocycles. The molecule has 0 fully saturated rings. The Labute approximate surface area is 118 Å². The molecule has 0 aliphatic carbocycles. The first-order chi connectivity index (χ1) is 8.91. The van der Waals surface area contributed by atoms with Gasteiger partial charge in [-0.3, -0.25) is 4.79 Å². The maximum atomic E-state index is 11.8. The molecule has 3 N–H and O–H groups in total. The molecule has 3 atom stereocenters. The van der Waals surface area contributed by atoms with Crippen molar-refractivity contribution < 1.29 is 15.0 Å². The largest absolute Gasteiger partial charge is 0.393 e. The predicted molar refractivity (Wildman–Crippen MR) is 74.9 cm³/mol. The second-order valence-corrected chi connectivity index (χ2v) is 5.27. The van der Waals surface area contributed by atoms with Gasteiger partial charge in [0, 0.05) is 17.1 Å². The van der Waals surface area contributed by atoms with Gasteiger partial charge in [-0.15, -0.1) is 0 Å². The van der Waals surface area contributed by atoms with Crippen molar-refractivity contribution in [3.8, 4) is 0 Å². The summed E-state index contributed by atoms with van der Waals surface area (Å²) in [5.74, 6) is -0.340. The maximum Gasteiger partial charge on any atom is 0.253 e. The van der Waals surface area contributed by atoms with Gasteiger partial charge in [0.25, 0.3) is 5.91 Å². The van der Waals surface area contributed by atoms with Gasteiger partial charge in [0.15, 0.2) is 6.10 Å². The van der Waals surface area contributed by atoms with Gasteiger partial charge < -0.3 is 15.5 Å². The van der Waals surface area contributed by atoms with Crippen LogP contribution in [0.15, 0.2) is 24.3 Å². The topological polar surface area (TPSA) is 69.6 Å². The number of aliphatic hydroxyl groups is 2. The second-order valence-electron chi connectivity index (χ2n) is 4.86. The summed E-state index contributed by atoms with van der Waals surface area (Å²) in [6, 6.07) is 6.70. The van der Waals surface area contributed by atoms with Crippen LogP contribution in [0.5, 0.6) is 0 Å². The third-order valence-corrected chi connectivity index (χ3v) is 3.16. The molecule has 0 saturated heterocycles. The van der Waals surface area contributed by atoms with Crippen molar-refractivity contribution in [1.82, 2.24) is 5.32 Å². The summed E-state index contributed by atoms with van der Waals surface area (Å²) in [4.78, 5) is 11.8. The van der Waals surface area contributed by atoms with E-state index < -0.39 is 18.1 Å². The Kier molecular flexibility index (Phi) is 6.28. The Morgan fingerprint density at radius 2 is 1.95 bits per heavy atom. The summed E-state index contributed by atoms with van der Waals surface area (Å²) < 4.78 is 0. The number of nitrogens with one attached hydrogen (secondary N) is 1. The van der Waals surface area contributed by atoms with Crippen LogP contribution < -0.4 is 5.32 Å². The summed E-state index contributed by atoms with van der Waals surface area (Å²) in [6.07, 6.45) is -1.07. The van der Waals surface area contributed by atoms with E-state index in [1.807, 2.05) is 6.92 Å². The number of hydrogen-bond donors (Lipinski definition) is 3. The minimum atomic E-state index is -1.27. The Morgan fingerprint density at radius 1 is 1.32 bits per heavy atom.